The van der Waals surface area contributed by atoms with Crippen LogP contribution in [-0.2, 0) is 12.8 Å². The molecule has 0 unspecified atom stereocenters. The number of fused-ring (bicyclic) bond motifs is 2. The lowest BCUT2D eigenvalue weighted by Gasteiger charge is -2.11. The molecule has 0 heterocycles. The molecule has 0 spiro atoms. The van der Waals surface area contributed by atoms with Gasteiger partial charge >= 0.3 is 0 Å². The molecule has 1 aliphatic carbocycles. The first-order valence-corrected chi connectivity index (χ1v) is 8.24. The van der Waals surface area contributed by atoms with Crippen molar-refractivity contribution < 1.29 is 0 Å². The van der Waals surface area contributed by atoms with Gasteiger partial charge in [0, 0.05) is 22.7 Å². The molecule has 22 heavy (non-hydrogen) atoms. The van der Waals surface area contributed by atoms with E-state index in [-0.39, 0.29) is 0 Å². The van der Waals surface area contributed by atoms with Crippen molar-refractivity contribution in [3.8, 4) is 0 Å². The van der Waals surface area contributed by atoms with Crippen LogP contribution in [0.3, 0.4) is 0 Å². The standard InChI is InChI=1S/C19H21ClN2/c1-21-12-5-13-22-19-15-7-3-2-6-14(15)10-11-16-17(19)8-4-9-18(16)20/h2-4,6-9,21H,5,10-13H2,1H3/b22-19-. The minimum absolute atomic E-state index is 0.830. The van der Waals surface area contributed by atoms with E-state index in [2.05, 4.69) is 35.6 Å². The van der Waals surface area contributed by atoms with Gasteiger partial charge in [0.2, 0.25) is 0 Å². The second-order valence-corrected chi connectivity index (χ2v) is 6.02. The number of hydrogen-bond acceptors (Lipinski definition) is 2. The summed E-state index contributed by atoms with van der Waals surface area (Å²) in [6.45, 7) is 1.82. The number of nitrogens with one attached hydrogen (secondary N) is 1. The van der Waals surface area contributed by atoms with Crippen LogP contribution in [0.1, 0.15) is 28.7 Å². The lowest BCUT2D eigenvalue weighted by molar-refractivity contribution is 0.734. The number of benzene rings is 2. The Bertz CT molecular complexity index is 692. The lowest BCUT2D eigenvalue weighted by Crippen LogP contribution is -2.11. The minimum atomic E-state index is 0.830. The van der Waals surface area contributed by atoms with E-state index in [0.29, 0.717) is 0 Å². The van der Waals surface area contributed by atoms with Gasteiger partial charge in [-0.2, -0.15) is 0 Å². The summed E-state index contributed by atoms with van der Waals surface area (Å²) in [5, 5.41) is 4.03. The van der Waals surface area contributed by atoms with E-state index < -0.39 is 0 Å². The van der Waals surface area contributed by atoms with E-state index in [4.69, 9.17) is 16.6 Å². The van der Waals surface area contributed by atoms with Crippen LogP contribution in [0.25, 0.3) is 0 Å². The Kier molecular flexibility index (Phi) is 4.91. The topological polar surface area (TPSA) is 24.4 Å². The van der Waals surface area contributed by atoms with Crippen molar-refractivity contribution in [2.45, 2.75) is 19.3 Å². The number of nitrogens with zero attached hydrogens (tertiary/aromatic N) is 1. The number of aliphatic imine (C=N–C) groups is 1. The van der Waals surface area contributed by atoms with Gasteiger partial charge in [-0.1, -0.05) is 48.0 Å². The Morgan fingerprint density at radius 1 is 1.05 bits per heavy atom. The SMILES string of the molecule is CNCCC/N=C1/c2ccccc2CCc2c(Cl)cccc21. The summed E-state index contributed by atoms with van der Waals surface area (Å²) in [4.78, 5) is 4.92. The second-order valence-electron chi connectivity index (χ2n) is 5.61. The summed E-state index contributed by atoms with van der Waals surface area (Å²) in [5.74, 6) is 0. The first-order chi connectivity index (χ1) is 10.8. The molecule has 2 nitrogen and oxygen atoms in total. The van der Waals surface area contributed by atoms with Crippen LogP contribution in [0.5, 0.6) is 0 Å². The Hall–Kier alpha value is -1.64. The average Bonchev–Trinajstić information content (AvgIpc) is 2.70. The molecular weight excluding hydrogens is 292 g/mol. The third kappa shape index (κ3) is 3.08. The molecule has 0 aromatic heterocycles. The molecule has 0 saturated heterocycles. The van der Waals surface area contributed by atoms with E-state index in [1.54, 1.807) is 0 Å². The van der Waals surface area contributed by atoms with E-state index in [9.17, 15) is 0 Å². The fourth-order valence-electron chi connectivity index (χ4n) is 3.03. The van der Waals surface area contributed by atoms with Gasteiger partial charge in [-0.15, -0.1) is 0 Å². The van der Waals surface area contributed by atoms with E-state index in [0.717, 1.165) is 43.1 Å². The molecule has 1 N–H and O–H groups in total. The van der Waals surface area contributed by atoms with Gasteiger partial charge < -0.3 is 5.32 Å². The summed E-state index contributed by atoms with van der Waals surface area (Å²) in [6, 6.07) is 14.8. The number of hydrogen-bond donors (Lipinski definition) is 1. The largest absolute Gasteiger partial charge is 0.320 e. The Morgan fingerprint density at radius 3 is 2.73 bits per heavy atom. The maximum Gasteiger partial charge on any atom is 0.0724 e. The average molecular weight is 313 g/mol. The predicted molar refractivity (Wildman–Crippen MR) is 94.4 cm³/mol. The van der Waals surface area contributed by atoms with Crippen LogP contribution < -0.4 is 5.32 Å². The van der Waals surface area contributed by atoms with E-state index in [1.807, 2.05) is 19.2 Å². The fraction of sp³-hybridized carbons (Fsp3) is 0.316. The third-order valence-electron chi connectivity index (χ3n) is 4.15. The molecule has 2 aromatic rings. The molecule has 0 saturated carbocycles. The molecule has 0 fully saturated rings. The van der Waals surface area contributed by atoms with E-state index >= 15 is 0 Å². The van der Waals surface area contributed by atoms with Gasteiger partial charge in [0.05, 0.1) is 5.71 Å². The zero-order valence-corrected chi connectivity index (χ0v) is 13.7. The molecular formula is C19H21ClN2. The van der Waals surface area contributed by atoms with Crippen molar-refractivity contribution in [2.75, 3.05) is 20.1 Å². The highest BCUT2D eigenvalue weighted by atomic mass is 35.5. The maximum atomic E-state index is 6.44. The van der Waals surface area contributed by atoms with Gasteiger partial charge in [0.25, 0.3) is 0 Å². The molecule has 0 atom stereocenters. The smallest absolute Gasteiger partial charge is 0.0724 e. The highest BCUT2D eigenvalue weighted by Gasteiger charge is 2.20. The molecule has 0 amide bonds. The van der Waals surface area contributed by atoms with Crippen molar-refractivity contribution >= 4 is 17.3 Å². The first-order valence-electron chi connectivity index (χ1n) is 7.86. The van der Waals surface area contributed by atoms with Crippen molar-refractivity contribution in [1.29, 1.82) is 0 Å². The highest BCUT2D eigenvalue weighted by molar-refractivity contribution is 6.32. The molecule has 114 valence electrons. The minimum Gasteiger partial charge on any atom is -0.320 e. The summed E-state index contributed by atoms with van der Waals surface area (Å²) in [6.07, 6.45) is 3.03. The van der Waals surface area contributed by atoms with Crippen LogP contribution >= 0.6 is 11.6 Å². The molecule has 0 radical (unpaired) electrons. The van der Waals surface area contributed by atoms with Crippen molar-refractivity contribution in [3.05, 3.63) is 69.7 Å². The predicted octanol–water partition coefficient (Wildman–Crippen LogP) is 3.89. The summed E-state index contributed by atoms with van der Waals surface area (Å²) >= 11 is 6.44. The second kappa shape index (κ2) is 7.08. The van der Waals surface area contributed by atoms with Gasteiger partial charge in [0.1, 0.15) is 0 Å². The Balaban J connectivity index is 2.07. The quantitative estimate of drug-likeness (QED) is 0.851. The molecule has 1 aliphatic rings. The monoisotopic (exact) mass is 312 g/mol. The van der Waals surface area contributed by atoms with Crippen LogP contribution in [0, 0.1) is 0 Å². The molecule has 3 rings (SSSR count). The molecule has 2 aromatic carbocycles. The number of halogens is 1. The van der Waals surface area contributed by atoms with Crippen molar-refractivity contribution in [1.82, 2.24) is 5.32 Å². The summed E-state index contributed by atoms with van der Waals surface area (Å²) < 4.78 is 0. The molecule has 0 bridgehead atoms. The van der Waals surface area contributed by atoms with Gasteiger partial charge in [0.15, 0.2) is 0 Å². The van der Waals surface area contributed by atoms with Gasteiger partial charge in [-0.25, -0.2) is 0 Å². The van der Waals surface area contributed by atoms with Crippen LogP contribution in [0.15, 0.2) is 47.5 Å². The van der Waals surface area contributed by atoms with E-state index in [1.165, 1.54) is 22.3 Å². The summed E-state index contributed by atoms with van der Waals surface area (Å²) in [5.41, 5.74) is 6.14. The lowest BCUT2D eigenvalue weighted by atomic mass is 9.98. The Morgan fingerprint density at radius 2 is 1.86 bits per heavy atom. The van der Waals surface area contributed by atoms with Gasteiger partial charge in [-0.3, -0.25) is 4.99 Å². The van der Waals surface area contributed by atoms with Crippen LogP contribution in [0.2, 0.25) is 5.02 Å². The number of rotatable bonds is 4. The molecule has 3 heteroatoms. The first kappa shape index (κ1) is 15.3. The normalized spacial score (nSPS) is 15.3. The zero-order valence-electron chi connectivity index (χ0n) is 12.9. The fourth-order valence-corrected chi connectivity index (χ4v) is 3.29. The third-order valence-corrected chi connectivity index (χ3v) is 4.50. The van der Waals surface area contributed by atoms with Crippen molar-refractivity contribution in [2.24, 2.45) is 4.99 Å². The maximum absolute atomic E-state index is 6.44. The zero-order chi connectivity index (χ0) is 15.4. The van der Waals surface area contributed by atoms with Crippen LogP contribution in [0.4, 0.5) is 0 Å². The number of aryl methyl sites for hydroxylation is 1. The summed E-state index contributed by atoms with van der Waals surface area (Å²) in [7, 11) is 1.98. The Labute approximate surface area is 137 Å². The van der Waals surface area contributed by atoms with Crippen molar-refractivity contribution in [3.63, 3.8) is 0 Å². The van der Waals surface area contributed by atoms with Gasteiger partial charge in [-0.05, 0) is 50.0 Å². The molecule has 0 aliphatic heterocycles. The highest BCUT2D eigenvalue weighted by Crippen LogP contribution is 2.29. The van der Waals surface area contributed by atoms with Crippen LogP contribution in [-0.4, -0.2) is 25.8 Å².